The Kier molecular flexibility index (Phi) is 5.46. The number of fused-ring (bicyclic) bond motifs is 1. The molecule has 27 heavy (non-hydrogen) atoms. The zero-order chi connectivity index (χ0) is 19.6. The molecule has 2 amide bonds. The molecule has 0 fully saturated rings. The first-order chi connectivity index (χ1) is 12.9. The van der Waals surface area contributed by atoms with Gasteiger partial charge >= 0.3 is 6.03 Å². The normalized spacial score (nSPS) is 12.0. The van der Waals surface area contributed by atoms with Crippen LogP contribution in [0.5, 0.6) is 0 Å². The maximum atomic E-state index is 12.6. The molecular weight excluding hydrogens is 364 g/mol. The van der Waals surface area contributed by atoms with Crippen LogP contribution >= 0.6 is 11.6 Å². The van der Waals surface area contributed by atoms with Gasteiger partial charge in [0.25, 0.3) is 5.56 Å². The molecule has 0 radical (unpaired) electrons. The molecule has 2 aromatic carbocycles. The summed E-state index contributed by atoms with van der Waals surface area (Å²) in [6.07, 6.45) is 0.940. The second kappa shape index (κ2) is 7.80. The number of anilines is 1. The third kappa shape index (κ3) is 4.11. The molecule has 0 bridgehead atoms. The molecule has 3 rings (SSSR count). The van der Waals surface area contributed by atoms with Gasteiger partial charge in [-0.15, -0.1) is 0 Å². The minimum absolute atomic E-state index is 0.184. The molecule has 0 aliphatic heterocycles. The second-order valence-electron chi connectivity index (χ2n) is 6.37. The topological polar surface area (TPSA) is 76.0 Å². The highest BCUT2D eigenvalue weighted by Gasteiger charge is 2.17. The molecule has 1 aromatic heterocycles. The molecule has 7 heteroatoms. The molecule has 0 unspecified atom stereocenters. The molecule has 0 saturated carbocycles. The minimum Gasteiger partial charge on any atom is -0.328 e. The smallest absolute Gasteiger partial charge is 0.319 e. The summed E-state index contributed by atoms with van der Waals surface area (Å²) in [7, 11) is 1.64. The maximum absolute atomic E-state index is 12.6. The van der Waals surface area contributed by atoms with Gasteiger partial charge in [0.2, 0.25) is 0 Å². The van der Waals surface area contributed by atoms with Gasteiger partial charge in [0.05, 0.1) is 16.9 Å². The van der Waals surface area contributed by atoms with Gasteiger partial charge < -0.3 is 10.6 Å². The highest BCUT2D eigenvalue weighted by atomic mass is 35.5. The van der Waals surface area contributed by atoms with E-state index in [9.17, 15) is 9.59 Å². The lowest BCUT2D eigenvalue weighted by atomic mass is 10.1. The fourth-order valence-corrected chi connectivity index (χ4v) is 3.07. The number of nitrogens with one attached hydrogen (secondary N) is 2. The maximum Gasteiger partial charge on any atom is 0.319 e. The van der Waals surface area contributed by atoms with Crippen molar-refractivity contribution >= 4 is 34.2 Å². The predicted octanol–water partition coefficient (Wildman–Crippen LogP) is 4.03. The van der Waals surface area contributed by atoms with Crippen molar-refractivity contribution < 1.29 is 4.79 Å². The molecule has 0 aliphatic rings. The zero-order valence-electron chi connectivity index (χ0n) is 15.4. The van der Waals surface area contributed by atoms with Crippen LogP contribution in [0.2, 0.25) is 5.02 Å². The lowest BCUT2D eigenvalue weighted by molar-refractivity contribution is 0.248. The van der Waals surface area contributed by atoms with Gasteiger partial charge in [0.1, 0.15) is 5.82 Å². The third-order valence-electron chi connectivity index (χ3n) is 4.43. The van der Waals surface area contributed by atoms with Crippen molar-refractivity contribution in [3.8, 4) is 0 Å². The number of halogens is 1. The summed E-state index contributed by atoms with van der Waals surface area (Å²) in [4.78, 5) is 29.4. The second-order valence-corrected chi connectivity index (χ2v) is 6.80. The number of amides is 2. The number of rotatable bonds is 4. The minimum atomic E-state index is -0.471. The summed E-state index contributed by atoms with van der Waals surface area (Å²) in [5.74, 6) is 0.450. The number of hydrogen-bond donors (Lipinski definition) is 2. The van der Waals surface area contributed by atoms with Gasteiger partial charge in [-0.3, -0.25) is 9.36 Å². The molecule has 0 spiro atoms. The molecule has 6 nitrogen and oxygen atoms in total. The van der Waals surface area contributed by atoms with E-state index in [2.05, 4.69) is 22.5 Å². The summed E-state index contributed by atoms with van der Waals surface area (Å²) >= 11 is 6.01. The molecule has 1 atom stereocenters. The van der Waals surface area contributed by atoms with Crippen LogP contribution in [0, 0.1) is 0 Å². The van der Waals surface area contributed by atoms with E-state index >= 15 is 0 Å². The molecule has 2 N–H and O–H groups in total. The number of urea groups is 1. The number of nitrogens with zero attached hydrogens (tertiary/aromatic N) is 2. The number of aryl methyl sites for hydroxylation is 1. The largest absolute Gasteiger partial charge is 0.328 e. The van der Waals surface area contributed by atoms with Crippen molar-refractivity contribution in [1.82, 2.24) is 14.9 Å². The highest BCUT2D eigenvalue weighted by Crippen LogP contribution is 2.18. The first-order valence-corrected chi connectivity index (χ1v) is 9.09. The van der Waals surface area contributed by atoms with Crippen LogP contribution in [-0.4, -0.2) is 15.6 Å². The SMILES string of the molecule is CCc1ccc(NC(=O)N[C@H](C)c2nc3cc(Cl)ccc3c(=O)n2C)cc1. The Morgan fingerprint density at radius 3 is 2.59 bits per heavy atom. The predicted molar refractivity (Wildman–Crippen MR) is 108 cm³/mol. The van der Waals surface area contributed by atoms with Crippen LogP contribution in [0.15, 0.2) is 47.3 Å². The number of hydrogen-bond acceptors (Lipinski definition) is 3. The molecule has 1 heterocycles. The van der Waals surface area contributed by atoms with Crippen LogP contribution in [0.4, 0.5) is 10.5 Å². The summed E-state index contributed by atoms with van der Waals surface area (Å²) in [5.41, 5.74) is 2.22. The van der Waals surface area contributed by atoms with Gasteiger partial charge in [-0.05, 0) is 49.2 Å². The van der Waals surface area contributed by atoms with Crippen molar-refractivity contribution in [3.63, 3.8) is 0 Å². The van der Waals surface area contributed by atoms with Crippen LogP contribution < -0.4 is 16.2 Å². The lowest BCUT2D eigenvalue weighted by Gasteiger charge is -2.17. The van der Waals surface area contributed by atoms with E-state index in [1.54, 1.807) is 32.2 Å². The van der Waals surface area contributed by atoms with E-state index in [-0.39, 0.29) is 11.6 Å². The van der Waals surface area contributed by atoms with Gasteiger partial charge in [-0.25, -0.2) is 9.78 Å². The first kappa shape index (κ1) is 18.9. The Morgan fingerprint density at radius 2 is 1.93 bits per heavy atom. The van der Waals surface area contributed by atoms with Crippen molar-refractivity contribution in [1.29, 1.82) is 0 Å². The summed E-state index contributed by atoms with van der Waals surface area (Å²) < 4.78 is 1.44. The third-order valence-corrected chi connectivity index (χ3v) is 4.66. The number of benzene rings is 2. The fraction of sp³-hybridized carbons (Fsp3) is 0.250. The Morgan fingerprint density at radius 1 is 1.22 bits per heavy atom. The summed E-state index contributed by atoms with van der Waals surface area (Å²) in [6.45, 7) is 3.85. The fourth-order valence-electron chi connectivity index (χ4n) is 2.90. The van der Waals surface area contributed by atoms with Crippen molar-refractivity contribution in [2.45, 2.75) is 26.3 Å². The average molecular weight is 385 g/mol. The van der Waals surface area contributed by atoms with Gasteiger partial charge in [-0.1, -0.05) is 30.7 Å². The van der Waals surface area contributed by atoms with E-state index < -0.39 is 6.04 Å². The molecule has 140 valence electrons. The monoisotopic (exact) mass is 384 g/mol. The van der Waals surface area contributed by atoms with Gasteiger partial charge in [0.15, 0.2) is 0 Å². The Hall–Kier alpha value is -2.86. The van der Waals surface area contributed by atoms with E-state index in [1.165, 1.54) is 10.1 Å². The average Bonchev–Trinajstić information content (AvgIpc) is 2.65. The molecule has 0 saturated heterocycles. The van der Waals surface area contributed by atoms with E-state index in [4.69, 9.17) is 11.6 Å². The van der Waals surface area contributed by atoms with E-state index in [1.807, 2.05) is 24.3 Å². The number of carbonyl (C=O) groups excluding carboxylic acids is 1. The standard InChI is InChI=1S/C20H21ClN4O2/c1-4-13-5-8-15(9-6-13)23-20(27)22-12(2)18-24-17-11-14(21)7-10-16(17)19(26)25(18)3/h5-12H,4H2,1-3H3,(H2,22,23,27)/t12-/m1/s1. The van der Waals surface area contributed by atoms with Gasteiger partial charge in [-0.2, -0.15) is 0 Å². The van der Waals surface area contributed by atoms with Crippen LogP contribution in [-0.2, 0) is 13.5 Å². The molecular formula is C20H21ClN4O2. The van der Waals surface area contributed by atoms with Crippen molar-refractivity contribution in [2.24, 2.45) is 7.05 Å². The zero-order valence-corrected chi connectivity index (χ0v) is 16.2. The first-order valence-electron chi connectivity index (χ1n) is 8.71. The van der Waals surface area contributed by atoms with E-state index in [0.29, 0.717) is 27.4 Å². The lowest BCUT2D eigenvalue weighted by Crippen LogP contribution is -2.35. The molecule has 0 aliphatic carbocycles. The summed E-state index contributed by atoms with van der Waals surface area (Å²) in [6, 6.07) is 11.8. The van der Waals surface area contributed by atoms with Crippen molar-refractivity contribution in [2.75, 3.05) is 5.32 Å². The van der Waals surface area contributed by atoms with Crippen molar-refractivity contribution in [3.05, 3.63) is 69.2 Å². The van der Waals surface area contributed by atoms with E-state index in [0.717, 1.165) is 6.42 Å². The quantitative estimate of drug-likeness (QED) is 0.713. The Balaban J connectivity index is 1.80. The number of carbonyl (C=O) groups is 1. The van der Waals surface area contributed by atoms with Crippen LogP contribution in [0.3, 0.4) is 0 Å². The van der Waals surface area contributed by atoms with Gasteiger partial charge in [0, 0.05) is 17.8 Å². The highest BCUT2D eigenvalue weighted by molar-refractivity contribution is 6.31. The number of aromatic nitrogens is 2. The van der Waals surface area contributed by atoms with Crippen LogP contribution in [0.1, 0.15) is 31.3 Å². The Bertz CT molecular complexity index is 1040. The molecule has 3 aromatic rings. The van der Waals surface area contributed by atoms with Crippen LogP contribution in [0.25, 0.3) is 10.9 Å². The summed E-state index contributed by atoms with van der Waals surface area (Å²) in [5, 5.41) is 6.59. The Labute approximate surface area is 162 Å².